The molecule has 2 aromatic heterocycles. The van der Waals surface area contributed by atoms with E-state index >= 15 is 0 Å². The van der Waals surface area contributed by atoms with Crippen molar-refractivity contribution in [3.05, 3.63) is 83.2 Å². The molecule has 4 aromatic rings. The molecule has 0 radical (unpaired) electrons. The zero-order chi connectivity index (χ0) is 23.7. The van der Waals surface area contributed by atoms with Gasteiger partial charge in [-0.05, 0) is 30.5 Å². The quantitative estimate of drug-likeness (QED) is 0.338. The third kappa shape index (κ3) is 3.88. The van der Waals surface area contributed by atoms with Crippen molar-refractivity contribution >= 4 is 5.78 Å². The van der Waals surface area contributed by atoms with E-state index in [-0.39, 0.29) is 29.8 Å². The van der Waals surface area contributed by atoms with Crippen LogP contribution in [0.4, 0.5) is 0 Å². The molecule has 1 aliphatic rings. The van der Waals surface area contributed by atoms with Crippen molar-refractivity contribution in [2.24, 2.45) is 0 Å². The molecule has 0 unspecified atom stereocenters. The fourth-order valence-electron chi connectivity index (χ4n) is 4.86. The Kier molecular flexibility index (Phi) is 5.94. The summed E-state index contributed by atoms with van der Waals surface area (Å²) in [5.41, 5.74) is 4.06. The summed E-state index contributed by atoms with van der Waals surface area (Å²) in [6.07, 6.45) is 6.45. The maximum Gasteiger partial charge on any atom is 0.240 e. The Morgan fingerprint density at radius 1 is 0.971 bits per heavy atom. The van der Waals surface area contributed by atoms with Crippen LogP contribution in [0.3, 0.4) is 0 Å². The number of rotatable bonds is 6. The van der Waals surface area contributed by atoms with Gasteiger partial charge < -0.3 is 19.8 Å². The second-order valence-electron chi connectivity index (χ2n) is 8.72. The van der Waals surface area contributed by atoms with E-state index in [1.54, 1.807) is 34.9 Å². The highest BCUT2D eigenvalue weighted by Gasteiger charge is 2.33. The summed E-state index contributed by atoms with van der Waals surface area (Å²) in [6.45, 7) is -0.117. The average molecular weight is 459 g/mol. The molecule has 3 N–H and O–H groups in total. The van der Waals surface area contributed by atoms with E-state index in [4.69, 9.17) is 4.52 Å². The van der Waals surface area contributed by atoms with Gasteiger partial charge in [0.1, 0.15) is 12.0 Å². The summed E-state index contributed by atoms with van der Waals surface area (Å²) in [6, 6.07) is 15.8. The molecule has 7 nitrogen and oxygen atoms in total. The maximum absolute atomic E-state index is 13.6. The highest BCUT2D eigenvalue weighted by Crippen LogP contribution is 2.46. The zero-order valence-electron chi connectivity index (χ0n) is 18.6. The number of aliphatic hydroxyl groups is 1. The minimum atomic E-state index is -0.405. The lowest BCUT2D eigenvalue weighted by atomic mass is 9.84. The number of aromatic hydroxyl groups is 2. The van der Waals surface area contributed by atoms with E-state index in [2.05, 4.69) is 5.16 Å². The van der Waals surface area contributed by atoms with Crippen molar-refractivity contribution in [2.45, 2.75) is 44.6 Å². The molecule has 0 saturated heterocycles. The van der Waals surface area contributed by atoms with Crippen molar-refractivity contribution in [2.75, 3.05) is 0 Å². The van der Waals surface area contributed by atoms with Crippen molar-refractivity contribution in [1.82, 2.24) is 9.72 Å². The number of carbonyl (C=O) groups excluding carboxylic acids is 1. The van der Waals surface area contributed by atoms with Crippen LogP contribution in [0.15, 0.2) is 65.4 Å². The second kappa shape index (κ2) is 9.19. The highest BCUT2D eigenvalue weighted by atomic mass is 16.5. The lowest BCUT2D eigenvalue weighted by Gasteiger charge is -2.25. The minimum absolute atomic E-state index is 0.0337. The van der Waals surface area contributed by atoms with E-state index < -0.39 is 5.75 Å². The molecule has 5 rings (SSSR count). The van der Waals surface area contributed by atoms with Crippen LogP contribution in [0.5, 0.6) is 11.6 Å². The largest absolute Gasteiger partial charge is 0.503 e. The molecule has 0 atom stereocenters. The Morgan fingerprint density at radius 3 is 2.29 bits per heavy atom. The first-order chi connectivity index (χ1) is 16.6. The van der Waals surface area contributed by atoms with Crippen LogP contribution >= 0.6 is 0 Å². The molecule has 1 saturated carbocycles. The number of ketones is 1. The molecule has 0 bridgehead atoms. The minimum Gasteiger partial charge on any atom is -0.503 e. The van der Waals surface area contributed by atoms with Crippen LogP contribution in [-0.4, -0.2) is 30.8 Å². The summed E-state index contributed by atoms with van der Waals surface area (Å²) in [4.78, 5) is 13.6. The molecule has 2 heterocycles. The van der Waals surface area contributed by atoms with Gasteiger partial charge in [0.05, 0.1) is 12.2 Å². The summed E-state index contributed by atoms with van der Waals surface area (Å²) in [5.74, 6) is -1.07. The van der Waals surface area contributed by atoms with Crippen LogP contribution < -0.4 is 0 Å². The van der Waals surface area contributed by atoms with E-state index in [0.29, 0.717) is 28.2 Å². The average Bonchev–Trinajstić information content (AvgIpc) is 3.52. The fraction of sp³-hybridized carbons (Fsp3) is 0.259. The summed E-state index contributed by atoms with van der Waals surface area (Å²) in [7, 11) is 0. The Bertz CT molecular complexity index is 1280. The lowest BCUT2D eigenvalue weighted by molar-refractivity contribution is 0.103. The number of aliphatic hydroxyl groups excluding tert-OH is 1. The molecular weight excluding hydrogens is 432 g/mol. The van der Waals surface area contributed by atoms with Gasteiger partial charge in [-0.1, -0.05) is 60.8 Å². The summed E-state index contributed by atoms with van der Waals surface area (Å²) >= 11 is 0. The van der Waals surface area contributed by atoms with Crippen LogP contribution in [0.2, 0.25) is 0 Å². The van der Waals surface area contributed by atoms with Crippen LogP contribution in [-0.2, 0) is 6.61 Å². The Hall–Kier alpha value is -3.84. The van der Waals surface area contributed by atoms with E-state index in [0.717, 1.165) is 37.7 Å². The Labute approximate surface area is 196 Å². The van der Waals surface area contributed by atoms with Crippen molar-refractivity contribution < 1.29 is 24.6 Å². The molecule has 0 aliphatic heterocycles. The van der Waals surface area contributed by atoms with Crippen molar-refractivity contribution in [3.8, 4) is 28.6 Å². The molecule has 1 fully saturated rings. The first kappa shape index (κ1) is 22.0. The summed E-state index contributed by atoms with van der Waals surface area (Å²) in [5, 5.41) is 35.3. The maximum atomic E-state index is 13.6. The second-order valence-corrected chi connectivity index (χ2v) is 8.72. The van der Waals surface area contributed by atoms with Gasteiger partial charge in [-0.3, -0.25) is 9.36 Å². The number of aromatic nitrogens is 2. The van der Waals surface area contributed by atoms with Gasteiger partial charge in [0.15, 0.2) is 11.5 Å². The molecule has 174 valence electrons. The highest BCUT2D eigenvalue weighted by molar-refractivity contribution is 6.12. The molecule has 0 amide bonds. The van der Waals surface area contributed by atoms with Gasteiger partial charge in [-0.25, -0.2) is 0 Å². The number of benzene rings is 2. The predicted octanol–water partition coefficient (Wildman–Crippen LogP) is 5.31. The Morgan fingerprint density at radius 2 is 1.68 bits per heavy atom. The molecule has 34 heavy (non-hydrogen) atoms. The predicted molar refractivity (Wildman–Crippen MR) is 126 cm³/mol. The molecule has 2 aromatic carbocycles. The molecule has 7 heteroatoms. The zero-order valence-corrected chi connectivity index (χ0v) is 18.6. The topological polar surface area (TPSA) is 109 Å². The molecular formula is C27H26N2O5. The van der Waals surface area contributed by atoms with Gasteiger partial charge in [0.2, 0.25) is 5.88 Å². The third-order valence-electron chi connectivity index (χ3n) is 6.63. The van der Waals surface area contributed by atoms with Gasteiger partial charge in [0, 0.05) is 34.5 Å². The van der Waals surface area contributed by atoms with Crippen molar-refractivity contribution in [1.29, 1.82) is 0 Å². The van der Waals surface area contributed by atoms with Gasteiger partial charge >= 0.3 is 0 Å². The Balaban J connectivity index is 1.63. The van der Waals surface area contributed by atoms with Crippen LogP contribution in [0, 0.1) is 0 Å². The van der Waals surface area contributed by atoms with Crippen LogP contribution in [0.1, 0.15) is 65.2 Å². The number of carbonyl (C=O) groups is 1. The van der Waals surface area contributed by atoms with E-state index in [9.17, 15) is 20.1 Å². The first-order valence-electron chi connectivity index (χ1n) is 11.5. The van der Waals surface area contributed by atoms with Crippen LogP contribution in [0.25, 0.3) is 16.9 Å². The SMILES string of the molecule is O=C(c1ccc(CO)cc1)c1c(O)c(O)n(-c2ccc(-c3ccon3)cc2)c1C1CCCCC1. The standard InChI is InChI=1S/C27H26N2O5/c30-16-17-6-8-20(9-7-17)25(31)23-24(19-4-2-1-3-5-19)29(27(33)26(23)32)21-12-10-18(11-13-21)22-14-15-34-28-22/h6-15,19,30,32-33H,1-5,16H2. The summed E-state index contributed by atoms with van der Waals surface area (Å²) < 4.78 is 6.53. The number of nitrogens with zero attached hydrogens (tertiary/aromatic N) is 2. The first-order valence-corrected chi connectivity index (χ1v) is 11.5. The van der Waals surface area contributed by atoms with Crippen molar-refractivity contribution in [3.63, 3.8) is 0 Å². The smallest absolute Gasteiger partial charge is 0.240 e. The van der Waals surface area contributed by atoms with Gasteiger partial charge in [-0.2, -0.15) is 0 Å². The van der Waals surface area contributed by atoms with E-state index in [1.165, 1.54) is 6.26 Å². The third-order valence-corrected chi connectivity index (χ3v) is 6.63. The number of hydrogen-bond donors (Lipinski definition) is 3. The van der Waals surface area contributed by atoms with E-state index in [1.807, 2.05) is 24.3 Å². The monoisotopic (exact) mass is 458 g/mol. The van der Waals surface area contributed by atoms with Gasteiger partial charge in [-0.15, -0.1) is 0 Å². The van der Waals surface area contributed by atoms with Gasteiger partial charge in [0.25, 0.3) is 0 Å². The molecule has 1 aliphatic carbocycles. The lowest BCUT2D eigenvalue weighted by Crippen LogP contribution is -2.14. The molecule has 0 spiro atoms. The number of hydrogen-bond acceptors (Lipinski definition) is 6. The fourth-order valence-corrected chi connectivity index (χ4v) is 4.86. The normalized spacial score (nSPS) is 14.4.